The lowest BCUT2D eigenvalue weighted by molar-refractivity contribution is -0.128. The van der Waals surface area contributed by atoms with Crippen molar-refractivity contribution < 1.29 is 14.6 Å². The Balaban J connectivity index is 0.000000196. The first kappa shape index (κ1) is 19.8. The zero-order chi connectivity index (χ0) is 18.2. The van der Waals surface area contributed by atoms with Crippen LogP contribution in [0, 0.1) is 0 Å². The molecular weight excluding hydrogens is 358 g/mol. The number of amides is 1. The number of hydrogen-bond donors (Lipinski definition) is 1. The molecule has 0 saturated carbocycles. The molecule has 0 spiro atoms. The molecule has 2 heterocycles. The first-order valence-corrected chi connectivity index (χ1v) is 9.54. The van der Waals surface area contributed by atoms with Gasteiger partial charge < -0.3 is 14.7 Å². The lowest BCUT2D eigenvalue weighted by atomic mass is 10.2. The number of benzene rings is 1. The molecule has 25 heavy (non-hydrogen) atoms. The van der Waals surface area contributed by atoms with Gasteiger partial charge in [-0.05, 0) is 48.7 Å². The standard InChI is InChI=1S/C11H12ClNO2.C8H12OS/c12-9-4-8(5-10(14)6-9)7-13-3-1-2-11(13)15;1-3-7-4-5-8(10-7)6-9-2/h4-6,14H,1-3,7H2;4-5H,3,6H2,1-2H3. The summed E-state index contributed by atoms with van der Waals surface area (Å²) in [6, 6.07) is 9.19. The third-order valence-electron chi connectivity index (χ3n) is 3.84. The number of carbonyl (C=O) groups excluding carboxylic acids is 1. The zero-order valence-corrected chi connectivity index (χ0v) is 16.2. The molecule has 3 rings (SSSR count). The molecule has 0 atom stereocenters. The molecule has 0 radical (unpaired) electrons. The van der Waals surface area contributed by atoms with Crippen LogP contribution in [0.2, 0.25) is 5.02 Å². The highest BCUT2D eigenvalue weighted by Crippen LogP contribution is 2.22. The van der Waals surface area contributed by atoms with Crippen LogP contribution < -0.4 is 0 Å². The fourth-order valence-electron chi connectivity index (χ4n) is 2.65. The minimum absolute atomic E-state index is 0.143. The molecule has 4 nitrogen and oxygen atoms in total. The molecule has 1 aromatic heterocycles. The van der Waals surface area contributed by atoms with Crippen LogP contribution in [0.4, 0.5) is 0 Å². The van der Waals surface area contributed by atoms with Gasteiger partial charge in [-0.1, -0.05) is 18.5 Å². The Bertz CT molecular complexity index is 681. The van der Waals surface area contributed by atoms with Crippen LogP contribution in [0.5, 0.6) is 5.75 Å². The molecule has 1 aliphatic heterocycles. The molecule has 0 unspecified atom stereocenters. The summed E-state index contributed by atoms with van der Waals surface area (Å²) in [6.07, 6.45) is 2.69. The Kier molecular flexibility index (Phi) is 7.75. The lowest BCUT2D eigenvalue weighted by Gasteiger charge is -2.15. The van der Waals surface area contributed by atoms with Crippen molar-refractivity contribution >= 4 is 28.8 Å². The molecule has 1 fully saturated rings. The van der Waals surface area contributed by atoms with E-state index in [1.807, 2.05) is 11.3 Å². The van der Waals surface area contributed by atoms with Crippen LogP contribution >= 0.6 is 22.9 Å². The predicted octanol–water partition coefficient (Wildman–Crippen LogP) is 4.62. The Morgan fingerprint density at radius 1 is 1.28 bits per heavy atom. The van der Waals surface area contributed by atoms with Gasteiger partial charge in [0, 0.05) is 41.4 Å². The number of aromatic hydroxyl groups is 1. The number of methoxy groups -OCH3 is 1. The Hall–Kier alpha value is -1.56. The van der Waals surface area contributed by atoms with Gasteiger partial charge >= 0.3 is 0 Å². The molecular formula is C19H24ClNO3S. The van der Waals surface area contributed by atoms with Gasteiger partial charge in [0.15, 0.2) is 0 Å². The third kappa shape index (κ3) is 6.34. The summed E-state index contributed by atoms with van der Waals surface area (Å²) in [5, 5.41) is 9.84. The number of nitrogens with zero attached hydrogens (tertiary/aromatic N) is 1. The van der Waals surface area contributed by atoms with Crippen LogP contribution in [0.15, 0.2) is 30.3 Å². The van der Waals surface area contributed by atoms with Crippen LogP contribution in [-0.2, 0) is 29.1 Å². The van der Waals surface area contributed by atoms with E-state index in [9.17, 15) is 9.90 Å². The maximum absolute atomic E-state index is 11.4. The number of phenols is 1. The molecule has 1 aliphatic rings. The quantitative estimate of drug-likeness (QED) is 0.821. The molecule has 2 aromatic rings. The van der Waals surface area contributed by atoms with Crippen molar-refractivity contribution in [1.29, 1.82) is 0 Å². The Labute approximate surface area is 158 Å². The van der Waals surface area contributed by atoms with E-state index in [0.29, 0.717) is 18.0 Å². The van der Waals surface area contributed by atoms with Gasteiger partial charge in [0.2, 0.25) is 5.91 Å². The average Bonchev–Trinajstić information content (AvgIpc) is 3.17. The number of halogens is 1. The fourth-order valence-corrected chi connectivity index (χ4v) is 3.83. The Morgan fingerprint density at radius 2 is 2.04 bits per heavy atom. The number of carbonyl (C=O) groups is 1. The first-order valence-electron chi connectivity index (χ1n) is 8.34. The molecule has 6 heteroatoms. The first-order chi connectivity index (χ1) is 12.0. The van der Waals surface area contributed by atoms with Gasteiger partial charge in [-0.2, -0.15) is 0 Å². The number of ether oxygens (including phenoxy) is 1. The topological polar surface area (TPSA) is 49.8 Å². The fraction of sp³-hybridized carbons (Fsp3) is 0.421. The monoisotopic (exact) mass is 381 g/mol. The molecule has 136 valence electrons. The maximum atomic E-state index is 11.4. The van der Waals surface area contributed by atoms with E-state index in [1.165, 1.54) is 15.8 Å². The molecule has 0 aliphatic carbocycles. The van der Waals surface area contributed by atoms with Crippen LogP contribution in [0.25, 0.3) is 0 Å². The lowest BCUT2D eigenvalue weighted by Crippen LogP contribution is -2.23. The van der Waals surface area contributed by atoms with E-state index in [1.54, 1.807) is 24.1 Å². The van der Waals surface area contributed by atoms with E-state index in [0.717, 1.165) is 31.6 Å². The van der Waals surface area contributed by atoms with Gasteiger partial charge in [0.1, 0.15) is 5.75 Å². The average molecular weight is 382 g/mol. The highest BCUT2D eigenvalue weighted by atomic mass is 35.5. The normalized spacial score (nSPS) is 13.7. The van der Waals surface area contributed by atoms with Crippen LogP contribution in [0.1, 0.15) is 35.1 Å². The van der Waals surface area contributed by atoms with Gasteiger partial charge in [-0.3, -0.25) is 4.79 Å². The highest BCUT2D eigenvalue weighted by Gasteiger charge is 2.20. The molecule has 1 amide bonds. The summed E-state index contributed by atoms with van der Waals surface area (Å²) < 4.78 is 5.00. The molecule has 1 N–H and O–H groups in total. The van der Waals surface area contributed by atoms with Gasteiger partial charge in [0.05, 0.1) is 6.61 Å². The van der Waals surface area contributed by atoms with Crippen molar-refractivity contribution in [2.75, 3.05) is 13.7 Å². The second kappa shape index (κ2) is 9.80. The van der Waals surface area contributed by atoms with Crippen LogP contribution in [-0.4, -0.2) is 29.6 Å². The Morgan fingerprint density at radius 3 is 2.60 bits per heavy atom. The minimum atomic E-state index is 0.143. The number of hydrogen-bond acceptors (Lipinski definition) is 4. The molecule has 1 aromatic carbocycles. The van der Waals surface area contributed by atoms with Crippen molar-refractivity contribution in [3.05, 3.63) is 50.7 Å². The maximum Gasteiger partial charge on any atom is 0.222 e. The minimum Gasteiger partial charge on any atom is -0.508 e. The van der Waals surface area contributed by atoms with Gasteiger partial charge in [-0.25, -0.2) is 0 Å². The van der Waals surface area contributed by atoms with E-state index < -0.39 is 0 Å². The number of rotatable bonds is 5. The van der Waals surface area contributed by atoms with E-state index in [2.05, 4.69) is 19.1 Å². The molecule has 0 bridgehead atoms. The summed E-state index contributed by atoms with van der Waals surface area (Å²) >= 11 is 7.64. The second-order valence-electron chi connectivity index (χ2n) is 5.89. The van der Waals surface area contributed by atoms with E-state index in [4.69, 9.17) is 16.3 Å². The summed E-state index contributed by atoms with van der Waals surface area (Å²) in [5.74, 6) is 0.318. The number of likely N-dealkylation sites (tertiary alicyclic amines) is 1. The van der Waals surface area contributed by atoms with Crippen molar-refractivity contribution in [3.8, 4) is 5.75 Å². The van der Waals surface area contributed by atoms with Gasteiger partial charge in [0.25, 0.3) is 0 Å². The van der Waals surface area contributed by atoms with Crippen molar-refractivity contribution in [2.24, 2.45) is 0 Å². The second-order valence-corrected chi connectivity index (χ2v) is 7.58. The van der Waals surface area contributed by atoms with E-state index >= 15 is 0 Å². The zero-order valence-electron chi connectivity index (χ0n) is 14.6. The van der Waals surface area contributed by atoms with Crippen molar-refractivity contribution in [1.82, 2.24) is 4.90 Å². The largest absolute Gasteiger partial charge is 0.508 e. The van der Waals surface area contributed by atoms with Crippen molar-refractivity contribution in [3.63, 3.8) is 0 Å². The predicted molar refractivity (Wildman–Crippen MR) is 102 cm³/mol. The summed E-state index contributed by atoms with van der Waals surface area (Å²) in [6.45, 7) is 4.26. The number of thiophene rings is 1. The SMILES string of the molecule is CCc1ccc(COC)s1.O=C1CCCN1Cc1cc(O)cc(Cl)c1. The smallest absolute Gasteiger partial charge is 0.222 e. The van der Waals surface area contributed by atoms with E-state index in [-0.39, 0.29) is 11.7 Å². The number of aryl methyl sites for hydroxylation is 1. The van der Waals surface area contributed by atoms with Crippen LogP contribution in [0.3, 0.4) is 0 Å². The molecule has 1 saturated heterocycles. The van der Waals surface area contributed by atoms with Gasteiger partial charge in [-0.15, -0.1) is 11.3 Å². The highest BCUT2D eigenvalue weighted by molar-refractivity contribution is 7.11. The number of phenolic OH excluding ortho intramolecular Hbond substituents is 1. The summed E-state index contributed by atoms with van der Waals surface area (Å²) in [4.78, 5) is 15.9. The summed E-state index contributed by atoms with van der Waals surface area (Å²) in [5.41, 5.74) is 0.871. The summed E-state index contributed by atoms with van der Waals surface area (Å²) in [7, 11) is 1.73. The van der Waals surface area contributed by atoms with Crippen molar-refractivity contribution in [2.45, 2.75) is 39.3 Å². The third-order valence-corrected chi connectivity index (χ3v) is 5.26.